The summed E-state index contributed by atoms with van der Waals surface area (Å²) in [5.41, 5.74) is 0.366. The Hall–Kier alpha value is -0.581. The third-order valence-corrected chi connectivity index (χ3v) is 10.7. The number of carbonyl (C=O) groups is 2. The number of rotatable bonds is 33. The maximum atomic E-state index is 12.3. The van der Waals surface area contributed by atoms with Crippen LogP contribution < -0.4 is 0 Å². The minimum atomic E-state index is 0. The first-order valence-electron chi connectivity index (χ1n) is 19.8. The number of carbonyl (C=O) groups excluding carboxylic acids is 2. The van der Waals surface area contributed by atoms with Crippen molar-refractivity contribution < 1.29 is 36.1 Å². The van der Waals surface area contributed by atoms with E-state index in [4.69, 9.17) is 9.47 Å². The van der Waals surface area contributed by atoms with E-state index >= 15 is 0 Å². The third kappa shape index (κ3) is 20.7. The second-order valence-corrected chi connectivity index (χ2v) is 14.9. The first kappa shape index (κ1) is 43.4. The number of hydrogen-bond donors (Lipinski definition) is 0. The van der Waals surface area contributed by atoms with Crippen LogP contribution in [0.5, 0.6) is 0 Å². The topological polar surface area (TPSA) is 55.8 Å². The van der Waals surface area contributed by atoms with Crippen LogP contribution in [0.2, 0.25) is 0 Å². The molecule has 0 saturated heterocycles. The molecular formula is C40H74MnNO4-. The molecule has 0 aliphatic heterocycles. The van der Waals surface area contributed by atoms with Crippen LogP contribution in [0.4, 0.5) is 0 Å². The van der Waals surface area contributed by atoms with Crippen molar-refractivity contribution in [3.63, 3.8) is 0 Å². The summed E-state index contributed by atoms with van der Waals surface area (Å²) in [6.45, 7) is 13.1. The van der Waals surface area contributed by atoms with Gasteiger partial charge in [-0.2, -0.15) is 0 Å². The molecular weight excluding hydrogens is 613 g/mol. The summed E-state index contributed by atoms with van der Waals surface area (Å²) >= 11 is 0. The van der Waals surface area contributed by atoms with Crippen LogP contribution in [0.15, 0.2) is 0 Å². The second kappa shape index (κ2) is 28.3. The molecule has 0 aromatic heterocycles. The van der Waals surface area contributed by atoms with E-state index in [9.17, 15) is 9.59 Å². The molecule has 0 heterocycles. The number of hydrogen-bond acceptors (Lipinski definition) is 5. The smallest absolute Gasteiger partial charge is 0.306 e. The van der Waals surface area contributed by atoms with Crippen molar-refractivity contribution >= 4 is 11.9 Å². The maximum Gasteiger partial charge on any atom is 0.306 e. The zero-order valence-electron chi connectivity index (χ0n) is 30.4. The quantitative estimate of drug-likeness (QED) is 0.0297. The van der Waals surface area contributed by atoms with Gasteiger partial charge in [0.1, 0.15) is 0 Å². The summed E-state index contributed by atoms with van der Waals surface area (Å²) in [4.78, 5) is 26.7. The van der Waals surface area contributed by atoms with E-state index in [1.165, 1.54) is 128 Å². The number of esters is 2. The molecule has 0 aromatic carbocycles. The molecule has 1 radical (unpaired) electrons. The second-order valence-electron chi connectivity index (χ2n) is 14.9. The summed E-state index contributed by atoms with van der Waals surface area (Å²) in [5.74, 6) is 1.70. The minimum absolute atomic E-state index is 0. The van der Waals surface area contributed by atoms with Gasteiger partial charge in [-0.1, -0.05) is 123 Å². The van der Waals surface area contributed by atoms with Crippen LogP contribution in [0, 0.1) is 24.2 Å². The van der Waals surface area contributed by atoms with Gasteiger partial charge in [0.2, 0.25) is 0 Å². The fraction of sp³-hybridized carbons (Fsp3) is 0.925. The molecule has 3 fully saturated rings. The largest absolute Gasteiger partial charge is 0.466 e. The first-order valence-corrected chi connectivity index (χ1v) is 19.8. The van der Waals surface area contributed by atoms with Crippen molar-refractivity contribution in [2.24, 2.45) is 17.3 Å². The molecule has 6 heteroatoms. The van der Waals surface area contributed by atoms with Gasteiger partial charge in [-0.3, -0.25) is 9.59 Å². The van der Waals surface area contributed by atoms with Gasteiger partial charge in [-0.15, -0.1) is 6.54 Å². The zero-order valence-corrected chi connectivity index (χ0v) is 31.6. The number of ether oxygens (including phenoxy) is 2. The van der Waals surface area contributed by atoms with E-state index in [0.717, 1.165) is 63.6 Å². The van der Waals surface area contributed by atoms with Crippen molar-refractivity contribution in [1.29, 1.82) is 0 Å². The monoisotopic (exact) mass is 688 g/mol. The molecule has 2 bridgehead atoms. The summed E-state index contributed by atoms with van der Waals surface area (Å²) in [6, 6.07) is 0. The molecule has 271 valence electrons. The molecule has 0 N–H and O–H groups in total. The normalized spacial score (nSPS) is 18.2. The molecule has 0 unspecified atom stereocenters. The van der Waals surface area contributed by atoms with Gasteiger partial charge in [-0.05, 0) is 81.7 Å². The maximum absolute atomic E-state index is 12.3. The molecule has 3 rings (SSSR count). The Morgan fingerprint density at radius 1 is 0.652 bits per heavy atom. The van der Waals surface area contributed by atoms with Gasteiger partial charge in [0, 0.05) is 23.5 Å². The molecule has 3 aliphatic rings. The number of nitrogens with zero attached hydrogens (tertiary/aromatic N) is 1. The summed E-state index contributed by atoms with van der Waals surface area (Å²) in [5, 5.41) is 0. The molecule has 3 saturated carbocycles. The van der Waals surface area contributed by atoms with Crippen LogP contribution in [0.3, 0.4) is 0 Å². The Labute approximate surface area is 296 Å². The molecule has 0 aromatic rings. The van der Waals surface area contributed by atoms with E-state index in [1.54, 1.807) is 0 Å². The van der Waals surface area contributed by atoms with Gasteiger partial charge in [0.05, 0.1) is 19.6 Å². The molecule has 5 nitrogen and oxygen atoms in total. The van der Waals surface area contributed by atoms with Gasteiger partial charge in [0.25, 0.3) is 0 Å². The Kier molecular flexibility index (Phi) is 26.7. The van der Waals surface area contributed by atoms with Crippen LogP contribution in [0.25, 0.3) is 0 Å². The van der Waals surface area contributed by atoms with Gasteiger partial charge in [0.15, 0.2) is 0 Å². The summed E-state index contributed by atoms with van der Waals surface area (Å²) in [6.07, 6.45) is 32.2. The van der Waals surface area contributed by atoms with Gasteiger partial charge < -0.3 is 21.3 Å². The Bertz CT molecular complexity index is 718. The molecule has 0 atom stereocenters. The third-order valence-electron chi connectivity index (χ3n) is 10.7. The van der Waals surface area contributed by atoms with Crippen molar-refractivity contribution in [1.82, 2.24) is 4.90 Å². The standard InChI is InChI=1S/C40H74NO4.Mn/c1-4-7-9-18-24-36(25-19-10-8-5-2)27-31-45-38(42)26-20-14-13-16-22-29-41(6-3)28-21-15-11-12-17-23-30-44-39(43)35-40-32-37(33-40)34-40;/h36-37H,3-35H2,1-2H3;/q-1;. The van der Waals surface area contributed by atoms with Gasteiger partial charge >= 0.3 is 11.9 Å². The van der Waals surface area contributed by atoms with Crippen molar-refractivity contribution in [2.75, 3.05) is 32.8 Å². The summed E-state index contributed by atoms with van der Waals surface area (Å²) in [7, 11) is 0. The Morgan fingerprint density at radius 2 is 1.15 bits per heavy atom. The number of unbranched alkanes of at least 4 members (excludes halogenated alkanes) is 15. The van der Waals surface area contributed by atoms with Crippen LogP contribution in [-0.2, 0) is 36.1 Å². The predicted octanol–water partition coefficient (Wildman–Crippen LogP) is 11.0. The van der Waals surface area contributed by atoms with E-state index in [2.05, 4.69) is 25.7 Å². The van der Waals surface area contributed by atoms with Crippen LogP contribution >= 0.6 is 0 Å². The van der Waals surface area contributed by atoms with E-state index in [-0.39, 0.29) is 29.0 Å². The van der Waals surface area contributed by atoms with Crippen molar-refractivity contribution in [2.45, 2.75) is 187 Å². The SMILES string of the molecule is [CH2-]CN(CCCCCCCCOC(=O)CC12CC(C1)C2)CCCCCCCC(=O)OCCC(CCCCCC)CCCCCC.[Mn]. The molecule has 0 amide bonds. The van der Waals surface area contributed by atoms with E-state index in [1.807, 2.05) is 0 Å². The van der Waals surface area contributed by atoms with E-state index in [0.29, 0.717) is 31.5 Å². The average Bonchev–Trinajstić information content (AvgIpc) is 2.99. The molecule has 3 aliphatic carbocycles. The molecule has 46 heavy (non-hydrogen) atoms. The molecule has 0 spiro atoms. The Balaban J connectivity index is 0.0000106. The van der Waals surface area contributed by atoms with Crippen LogP contribution in [-0.4, -0.2) is 49.7 Å². The Morgan fingerprint density at radius 3 is 1.67 bits per heavy atom. The van der Waals surface area contributed by atoms with Gasteiger partial charge in [-0.25, -0.2) is 0 Å². The zero-order chi connectivity index (χ0) is 32.4. The fourth-order valence-corrected chi connectivity index (χ4v) is 7.60. The fourth-order valence-electron chi connectivity index (χ4n) is 7.60. The van der Waals surface area contributed by atoms with Crippen molar-refractivity contribution in [3.8, 4) is 0 Å². The first-order chi connectivity index (χ1) is 22.0. The summed E-state index contributed by atoms with van der Waals surface area (Å²) < 4.78 is 11.1. The minimum Gasteiger partial charge on any atom is -0.466 e. The van der Waals surface area contributed by atoms with Crippen LogP contribution in [0.1, 0.15) is 187 Å². The van der Waals surface area contributed by atoms with E-state index < -0.39 is 0 Å². The van der Waals surface area contributed by atoms with Crippen molar-refractivity contribution in [3.05, 3.63) is 6.92 Å². The average molecular weight is 688 g/mol. The predicted molar refractivity (Wildman–Crippen MR) is 189 cm³/mol.